The zero-order chi connectivity index (χ0) is 13.0. The summed E-state index contributed by atoms with van der Waals surface area (Å²) in [5.41, 5.74) is 0. The molecule has 0 aliphatic carbocycles. The molecule has 0 aromatic rings. The van der Waals surface area contributed by atoms with Crippen molar-refractivity contribution in [2.45, 2.75) is 46.6 Å². The van der Waals surface area contributed by atoms with Crippen molar-refractivity contribution in [3.8, 4) is 0 Å². The molecule has 1 rings (SSSR count). The Kier molecular flexibility index (Phi) is 5.44. The molecule has 0 unspecified atom stereocenters. The predicted octanol–water partition coefficient (Wildman–Crippen LogP) is 2.22. The van der Waals surface area contributed by atoms with Crippen molar-refractivity contribution in [1.29, 1.82) is 0 Å². The van der Waals surface area contributed by atoms with Crippen LogP contribution in [-0.2, 0) is 4.79 Å². The lowest BCUT2D eigenvalue weighted by atomic mass is 9.94. The van der Waals surface area contributed by atoms with Crippen LogP contribution in [0, 0.1) is 11.8 Å². The van der Waals surface area contributed by atoms with Gasteiger partial charge in [0.25, 0.3) is 0 Å². The first-order valence-electron chi connectivity index (χ1n) is 6.90. The van der Waals surface area contributed by atoms with E-state index in [9.17, 15) is 4.79 Å². The third-order valence-electron chi connectivity index (χ3n) is 3.54. The molecule has 0 N–H and O–H groups in total. The molecule has 1 heterocycles. The summed E-state index contributed by atoms with van der Waals surface area (Å²) in [5, 5.41) is 0. The van der Waals surface area contributed by atoms with Crippen molar-refractivity contribution in [1.82, 2.24) is 9.80 Å². The average Bonchev–Trinajstić information content (AvgIpc) is 2.25. The number of rotatable bonds is 4. The Bertz CT molecular complexity index is 243. The van der Waals surface area contributed by atoms with E-state index in [0.29, 0.717) is 17.9 Å². The van der Waals surface area contributed by atoms with E-state index >= 15 is 0 Å². The number of amides is 1. The van der Waals surface area contributed by atoms with Crippen LogP contribution >= 0.6 is 0 Å². The zero-order valence-corrected chi connectivity index (χ0v) is 12.1. The van der Waals surface area contributed by atoms with Gasteiger partial charge in [-0.25, -0.2) is 0 Å². The molecule has 0 radical (unpaired) electrons. The van der Waals surface area contributed by atoms with Crippen LogP contribution in [-0.4, -0.2) is 48.4 Å². The van der Waals surface area contributed by atoms with Crippen LogP contribution in [0.5, 0.6) is 0 Å². The number of carbonyl (C=O) groups is 1. The fourth-order valence-corrected chi connectivity index (χ4v) is 2.44. The highest BCUT2D eigenvalue weighted by Crippen LogP contribution is 2.20. The summed E-state index contributed by atoms with van der Waals surface area (Å²) in [5.74, 6) is 1.18. The van der Waals surface area contributed by atoms with Gasteiger partial charge in [0.2, 0.25) is 5.91 Å². The lowest BCUT2D eigenvalue weighted by molar-refractivity contribution is -0.139. The largest absolute Gasteiger partial charge is 0.340 e. The molecular formula is C14H28N2O. The van der Waals surface area contributed by atoms with Crippen LogP contribution in [0.3, 0.4) is 0 Å². The monoisotopic (exact) mass is 240 g/mol. The molecule has 1 aliphatic rings. The third-order valence-corrected chi connectivity index (χ3v) is 3.54. The summed E-state index contributed by atoms with van der Waals surface area (Å²) < 4.78 is 0. The number of hydrogen-bond donors (Lipinski definition) is 0. The molecule has 0 bridgehead atoms. The average molecular weight is 240 g/mol. The summed E-state index contributed by atoms with van der Waals surface area (Å²) in [6.07, 6.45) is 2.05. The Hall–Kier alpha value is -0.570. The van der Waals surface area contributed by atoms with E-state index in [2.05, 4.69) is 44.5 Å². The summed E-state index contributed by atoms with van der Waals surface area (Å²) in [4.78, 5) is 16.9. The molecule has 3 nitrogen and oxygen atoms in total. The maximum absolute atomic E-state index is 12.5. The maximum Gasteiger partial charge on any atom is 0.226 e. The van der Waals surface area contributed by atoms with E-state index in [4.69, 9.17) is 0 Å². The second kappa shape index (κ2) is 6.39. The lowest BCUT2D eigenvalue weighted by Crippen LogP contribution is -2.45. The van der Waals surface area contributed by atoms with Gasteiger partial charge in [0.15, 0.2) is 0 Å². The highest BCUT2D eigenvalue weighted by molar-refractivity contribution is 5.79. The van der Waals surface area contributed by atoms with Crippen LogP contribution < -0.4 is 0 Å². The smallest absolute Gasteiger partial charge is 0.226 e. The van der Waals surface area contributed by atoms with Crippen LogP contribution in [0.25, 0.3) is 0 Å². The summed E-state index contributed by atoms with van der Waals surface area (Å²) in [7, 11) is 2.13. The lowest BCUT2D eigenvalue weighted by Gasteiger charge is -2.35. The molecule has 1 fully saturated rings. The Morgan fingerprint density at radius 1 is 1.24 bits per heavy atom. The van der Waals surface area contributed by atoms with Gasteiger partial charge >= 0.3 is 0 Å². The van der Waals surface area contributed by atoms with Gasteiger partial charge in [0.05, 0.1) is 0 Å². The molecule has 1 amide bonds. The maximum atomic E-state index is 12.5. The minimum absolute atomic E-state index is 0.257. The van der Waals surface area contributed by atoms with Gasteiger partial charge in [0, 0.05) is 18.5 Å². The fourth-order valence-electron chi connectivity index (χ4n) is 2.44. The van der Waals surface area contributed by atoms with E-state index < -0.39 is 0 Å². The standard InChI is InChI=1S/C14H28N2O/c1-11(2)10-16(12(3)4)14(17)13-6-8-15(5)9-7-13/h11-13H,6-10H2,1-5H3. The van der Waals surface area contributed by atoms with E-state index in [-0.39, 0.29) is 5.92 Å². The van der Waals surface area contributed by atoms with Crippen molar-refractivity contribution < 1.29 is 4.79 Å². The number of hydrogen-bond acceptors (Lipinski definition) is 2. The van der Waals surface area contributed by atoms with E-state index in [1.54, 1.807) is 0 Å². The Morgan fingerprint density at radius 2 is 1.76 bits per heavy atom. The van der Waals surface area contributed by atoms with Crippen molar-refractivity contribution in [3.05, 3.63) is 0 Å². The van der Waals surface area contributed by atoms with Gasteiger partial charge in [-0.2, -0.15) is 0 Å². The molecule has 0 saturated carbocycles. The first kappa shape index (κ1) is 14.5. The van der Waals surface area contributed by atoms with Crippen LogP contribution in [0.4, 0.5) is 0 Å². The summed E-state index contributed by atoms with van der Waals surface area (Å²) in [6, 6.07) is 0.324. The van der Waals surface area contributed by atoms with Gasteiger partial charge in [-0.05, 0) is 52.7 Å². The second-order valence-corrected chi connectivity index (χ2v) is 6.06. The number of likely N-dealkylation sites (tertiary alicyclic amines) is 1. The Balaban J connectivity index is 2.58. The second-order valence-electron chi connectivity index (χ2n) is 6.06. The normalized spacial score (nSPS) is 19.0. The van der Waals surface area contributed by atoms with Gasteiger partial charge in [-0.3, -0.25) is 4.79 Å². The molecule has 0 atom stereocenters. The highest BCUT2D eigenvalue weighted by atomic mass is 16.2. The van der Waals surface area contributed by atoms with E-state index in [0.717, 1.165) is 32.5 Å². The zero-order valence-electron chi connectivity index (χ0n) is 12.1. The van der Waals surface area contributed by atoms with Crippen molar-refractivity contribution in [3.63, 3.8) is 0 Å². The highest BCUT2D eigenvalue weighted by Gasteiger charge is 2.28. The van der Waals surface area contributed by atoms with E-state index in [1.807, 2.05) is 0 Å². The van der Waals surface area contributed by atoms with Crippen molar-refractivity contribution >= 4 is 5.91 Å². The number of carbonyl (C=O) groups excluding carboxylic acids is 1. The van der Waals surface area contributed by atoms with Crippen LogP contribution in [0.2, 0.25) is 0 Å². The predicted molar refractivity (Wildman–Crippen MR) is 71.9 cm³/mol. The Morgan fingerprint density at radius 3 is 2.18 bits per heavy atom. The van der Waals surface area contributed by atoms with Crippen molar-refractivity contribution in [2.75, 3.05) is 26.7 Å². The SMILES string of the molecule is CC(C)CN(C(=O)C1CCN(C)CC1)C(C)C. The molecule has 1 saturated heterocycles. The first-order valence-corrected chi connectivity index (χ1v) is 6.90. The van der Waals surface area contributed by atoms with Gasteiger partial charge in [-0.15, -0.1) is 0 Å². The quantitative estimate of drug-likeness (QED) is 0.752. The summed E-state index contributed by atoms with van der Waals surface area (Å²) in [6.45, 7) is 11.6. The Labute approximate surface area is 106 Å². The fraction of sp³-hybridized carbons (Fsp3) is 0.929. The molecule has 1 aliphatic heterocycles. The minimum atomic E-state index is 0.257. The van der Waals surface area contributed by atoms with Crippen LogP contribution in [0.1, 0.15) is 40.5 Å². The number of nitrogens with zero attached hydrogens (tertiary/aromatic N) is 2. The topological polar surface area (TPSA) is 23.6 Å². The molecule has 0 aromatic carbocycles. The van der Waals surface area contributed by atoms with Crippen molar-refractivity contribution in [2.24, 2.45) is 11.8 Å². The molecule has 0 aromatic heterocycles. The minimum Gasteiger partial charge on any atom is -0.340 e. The molecule has 3 heteroatoms. The molecule has 100 valence electrons. The summed E-state index contributed by atoms with van der Waals surface area (Å²) >= 11 is 0. The third kappa shape index (κ3) is 4.30. The van der Waals surface area contributed by atoms with Gasteiger partial charge < -0.3 is 9.80 Å². The molecule has 17 heavy (non-hydrogen) atoms. The molecular weight excluding hydrogens is 212 g/mol. The number of piperidine rings is 1. The van der Waals surface area contributed by atoms with E-state index in [1.165, 1.54) is 0 Å². The molecule has 0 spiro atoms. The van der Waals surface area contributed by atoms with Crippen LogP contribution in [0.15, 0.2) is 0 Å². The van der Waals surface area contributed by atoms with Gasteiger partial charge in [0.1, 0.15) is 0 Å². The first-order chi connectivity index (χ1) is 7.91. The van der Waals surface area contributed by atoms with Gasteiger partial charge in [-0.1, -0.05) is 13.8 Å².